The number of aromatic amines is 1. The third kappa shape index (κ3) is 2.91. The molecule has 3 N–H and O–H groups in total. The number of nitrogens with one attached hydrogen (secondary N) is 2. The third-order valence-electron chi connectivity index (χ3n) is 2.21. The molecule has 0 atom stereocenters. The third-order valence-corrected chi connectivity index (χ3v) is 3.17. The highest BCUT2D eigenvalue weighted by Gasteiger charge is 2.11. The summed E-state index contributed by atoms with van der Waals surface area (Å²) in [6, 6.07) is 4.22. The number of phenols is 1. The number of halogens is 1. The lowest BCUT2D eigenvalue weighted by atomic mass is 10.2. The molecule has 5 nitrogen and oxygen atoms in total. The second-order valence-electron chi connectivity index (χ2n) is 3.52. The number of phenolic OH excluding ortho intramolecular Hbond substituents is 1. The molecule has 2 aromatic rings. The number of rotatable bonds is 3. The molecule has 1 amide bonds. The molecule has 0 saturated heterocycles. The molecular weight excluding hydrogens is 276 g/mol. The molecule has 7 heteroatoms. The van der Waals surface area contributed by atoms with Gasteiger partial charge in [-0.25, -0.2) is 0 Å². The molecule has 0 unspecified atom stereocenters. The molecule has 0 aliphatic rings. The van der Waals surface area contributed by atoms with Gasteiger partial charge < -0.3 is 15.4 Å². The Bertz CT molecular complexity index is 635. The van der Waals surface area contributed by atoms with Crippen LogP contribution in [0, 0.1) is 0 Å². The SMILES string of the molecule is O=C(NCc1csc(=O)[nH]1)c1cc(Cl)ccc1O. The minimum atomic E-state index is -0.456. The molecule has 1 heterocycles. The highest BCUT2D eigenvalue weighted by atomic mass is 35.5. The van der Waals surface area contributed by atoms with Crippen LogP contribution in [0.3, 0.4) is 0 Å². The van der Waals surface area contributed by atoms with Gasteiger partial charge in [0.25, 0.3) is 5.91 Å². The maximum atomic E-state index is 11.8. The van der Waals surface area contributed by atoms with Gasteiger partial charge in [0.15, 0.2) is 0 Å². The van der Waals surface area contributed by atoms with Gasteiger partial charge in [0, 0.05) is 16.1 Å². The number of amides is 1. The molecule has 2 rings (SSSR count). The smallest absolute Gasteiger partial charge is 0.304 e. The van der Waals surface area contributed by atoms with Gasteiger partial charge in [-0.3, -0.25) is 9.59 Å². The van der Waals surface area contributed by atoms with Crippen molar-refractivity contribution in [3.05, 3.63) is 49.5 Å². The zero-order chi connectivity index (χ0) is 13.1. The van der Waals surface area contributed by atoms with E-state index in [1.54, 1.807) is 5.38 Å². The van der Waals surface area contributed by atoms with Crippen molar-refractivity contribution in [1.29, 1.82) is 0 Å². The van der Waals surface area contributed by atoms with E-state index in [1.165, 1.54) is 18.2 Å². The van der Waals surface area contributed by atoms with Crippen LogP contribution in [0.2, 0.25) is 5.02 Å². The zero-order valence-corrected chi connectivity index (χ0v) is 10.6. The van der Waals surface area contributed by atoms with Gasteiger partial charge in [0.05, 0.1) is 12.1 Å². The summed E-state index contributed by atoms with van der Waals surface area (Å²) in [5, 5.41) is 14.1. The van der Waals surface area contributed by atoms with Crippen molar-refractivity contribution < 1.29 is 9.90 Å². The molecule has 94 valence electrons. The van der Waals surface area contributed by atoms with Crippen LogP contribution in [0.5, 0.6) is 5.75 Å². The highest BCUT2D eigenvalue weighted by molar-refractivity contribution is 7.07. The Balaban J connectivity index is 2.08. The summed E-state index contributed by atoms with van der Waals surface area (Å²) < 4.78 is 0. The van der Waals surface area contributed by atoms with Gasteiger partial charge in [0.2, 0.25) is 0 Å². The average molecular weight is 285 g/mol. The van der Waals surface area contributed by atoms with Crippen molar-refractivity contribution in [2.75, 3.05) is 0 Å². The van der Waals surface area contributed by atoms with E-state index in [0.717, 1.165) is 11.3 Å². The van der Waals surface area contributed by atoms with Gasteiger partial charge in [-0.05, 0) is 18.2 Å². The number of carbonyl (C=O) groups is 1. The second-order valence-corrected chi connectivity index (χ2v) is 4.80. The number of hydrogen-bond donors (Lipinski definition) is 3. The van der Waals surface area contributed by atoms with Gasteiger partial charge in [-0.15, -0.1) is 0 Å². The first kappa shape index (κ1) is 12.7. The molecule has 0 spiro atoms. The number of benzene rings is 1. The van der Waals surface area contributed by atoms with E-state index in [0.29, 0.717) is 10.7 Å². The predicted octanol–water partition coefficient (Wildman–Crippen LogP) is 1.73. The quantitative estimate of drug-likeness (QED) is 0.803. The highest BCUT2D eigenvalue weighted by Crippen LogP contribution is 2.21. The van der Waals surface area contributed by atoms with Crippen molar-refractivity contribution in [3.63, 3.8) is 0 Å². The molecule has 1 aromatic carbocycles. The molecular formula is C11H9ClN2O3S. The van der Waals surface area contributed by atoms with E-state index in [4.69, 9.17) is 11.6 Å². The van der Waals surface area contributed by atoms with E-state index >= 15 is 0 Å². The summed E-state index contributed by atoms with van der Waals surface area (Å²) in [6.45, 7) is 0.184. The fraction of sp³-hybridized carbons (Fsp3) is 0.0909. The second kappa shape index (κ2) is 5.24. The largest absolute Gasteiger partial charge is 0.507 e. The minimum Gasteiger partial charge on any atom is -0.507 e. The molecule has 0 aliphatic carbocycles. The standard InChI is InChI=1S/C11H9ClN2O3S/c12-6-1-2-9(15)8(3-6)10(16)13-4-7-5-18-11(17)14-7/h1-3,5,15H,4H2,(H,13,16)(H,14,17). The number of carbonyl (C=O) groups excluding carboxylic acids is 1. The van der Waals surface area contributed by atoms with Crippen molar-refractivity contribution in [2.24, 2.45) is 0 Å². The van der Waals surface area contributed by atoms with E-state index in [1.807, 2.05) is 0 Å². The van der Waals surface area contributed by atoms with E-state index in [2.05, 4.69) is 10.3 Å². The van der Waals surface area contributed by atoms with Crippen LogP contribution >= 0.6 is 22.9 Å². The zero-order valence-electron chi connectivity index (χ0n) is 9.07. The van der Waals surface area contributed by atoms with Crippen molar-refractivity contribution in [3.8, 4) is 5.75 Å². The van der Waals surface area contributed by atoms with Crippen molar-refractivity contribution in [2.45, 2.75) is 6.54 Å². The lowest BCUT2D eigenvalue weighted by molar-refractivity contribution is 0.0948. The first-order chi connectivity index (χ1) is 8.56. The van der Waals surface area contributed by atoms with Crippen LogP contribution in [0.15, 0.2) is 28.4 Å². The topological polar surface area (TPSA) is 82.2 Å². The number of aromatic nitrogens is 1. The van der Waals surface area contributed by atoms with Crippen molar-refractivity contribution in [1.82, 2.24) is 10.3 Å². The number of thiazole rings is 1. The lowest BCUT2D eigenvalue weighted by Gasteiger charge is -2.06. The summed E-state index contributed by atoms with van der Waals surface area (Å²) >= 11 is 6.77. The summed E-state index contributed by atoms with van der Waals surface area (Å²) in [7, 11) is 0. The van der Waals surface area contributed by atoms with Crippen molar-refractivity contribution >= 4 is 28.8 Å². The first-order valence-electron chi connectivity index (χ1n) is 4.99. The Morgan fingerprint density at radius 2 is 2.28 bits per heavy atom. The van der Waals surface area contributed by atoms with Crippen LogP contribution in [-0.4, -0.2) is 16.0 Å². The van der Waals surface area contributed by atoms with Crippen LogP contribution in [0.4, 0.5) is 0 Å². The maximum Gasteiger partial charge on any atom is 0.304 e. The van der Waals surface area contributed by atoms with Crippen LogP contribution in [0.1, 0.15) is 16.1 Å². The molecule has 0 aliphatic heterocycles. The molecule has 0 radical (unpaired) electrons. The Labute approximate surface area is 111 Å². The Morgan fingerprint density at radius 3 is 2.94 bits per heavy atom. The molecule has 0 bridgehead atoms. The summed E-state index contributed by atoms with van der Waals surface area (Å²) in [4.78, 5) is 25.1. The number of hydrogen-bond acceptors (Lipinski definition) is 4. The van der Waals surface area contributed by atoms with Crippen LogP contribution < -0.4 is 10.2 Å². The fourth-order valence-corrected chi connectivity index (χ4v) is 2.12. The summed E-state index contributed by atoms with van der Waals surface area (Å²) in [5.74, 6) is -0.599. The monoisotopic (exact) mass is 284 g/mol. The van der Waals surface area contributed by atoms with E-state index in [-0.39, 0.29) is 22.7 Å². The molecule has 18 heavy (non-hydrogen) atoms. The van der Waals surface area contributed by atoms with Crippen LogP contribution in [-0.2, 0) is 6.54 Å². The minimum absolute atomic E-state index is 0.0973. The van der Waals surface area contributed by atoms with Gasteiger partial charge in [0.1, 0.15) is 5.75 Å². The van der Waals surface area contributed by atoms with E-state index < -0.39 is 5.91 Å². The lowest BCUT2D eigenvalue weighted by Crippen LogP contribution is -2.23. The maximum absolute atomic E-state index is 11.8. The normalized spacial score (nSPS) is 10.3. The van der Waals surface area contributed by atoms with E-state index in [9.17, 15) is 14.7 Å². The van der Waals surface area contributed by atoms with Gasteiger partial charge in [-0.1, -0.05) is 22.9 Å². The van der Waals surface area contributed by atoms with Crippen LogP contribution in [0.25, 0.3) is 0 Å². The Morgan fingerprint density at radius 1 is 1.50 bits per heavy atom. The Hall–Kier alpha value is -1.79. The fourth-order valence-electron chi connectivity index (χ4n) is 1.36. The average Bonchev–Trinajstić information content (AvgIpc) is 2.75. The number of aromatic hydroxyl groups is 1. The summed E-state index contributed by atoms with van der Waals surface area (Å²) in [5.41, 5.74) is 0.708. The Kier molecular flexibility index (Phi) is 3.69. The molecule has 0 saturated carbocycles. The predicted molar refractivity (Wildman–Crippen MR) is 69.2 cm³/mol. The van der Waals surface area contributed by atoms with Gasteiger partial charge >= 0.3 is 4.87 Å². The number of H-pyrrole nitrogens is 1. The molecule has 0 fully saturated rings. The first-order valence-corrected chi connectivity index (χ1v) is 6.25. The molecule has 1 aromatic heterocycles. The van der Waals surface area contributed by atoms with Gasteiger partial charge in [-0.2, -0.15) is 0 Å². The summed E-state index contributed by atoms with van der Waals surface area (Å²) in [6.07, 6.45) is 0.